The summed E-state index contributed by atoms with van der Waals surface area (Å²) in [6.45, 7) is 2.05. The van der Waals surface area contributed by atoms with Gasteiger partial charge in [0.15, 0.2) is 0 Å². The minimum absolute atomic E-state index is 0.196. The van der Waals surface area contributed by atoms with Crippen molar-refractivity contribution < 1.29 is 9.90 Å². The van der Waals surface area contributed by atoms with E-state index in [1.165, 1.54) is 11.3 Å². The molecule has 0 aliphatic rings. The molecule has 0 fully saturated rings. The highest BCUT2D eigenvalue weighted by molar-refractivity contribution is 9.11. The van der Waals surface area contributed by atoms with Crippen LogP contribution in [-0.4, -0.2) is 26.3 Å². The molecule has 0 saturated heterocycles. The number of hydrogen-bond acceptors (Lipinski definition) is 5. The summed E-state index contributed by atoms with van der Waals surface area (Å²) in [4.78, 5) is 16.6. The fourth-order valence-electron chi connectivity index (χ4n) is 1.44. The minimum Gasteiger partial charge on any atom is -0.477 e. The number of aromatic amines is 1. The molecular formula is C12H12BrN3O2S2. The first-order valence-electron chi connectivity index (χ1n) is 5.88. The fraction of sp³-hybridized carbons (Fsp3) is 0.250. The molecular weight excluding hydrogens is 362 g/mol. The molecule has 0 radical (unpaired) electrons. The SMILES string of the molecule is CCCc1nc(S/C(=C\c2ccc(Br)s2)C(=O)O)n[nH]1. The summed E-state index contributed by atoms with van der Waals surface area (Å²) in [5, 5.41) is 16.5. The maximum absolute atomic E-state index is 11.3. The van der Waals surface area contributed by atoms with Gasteiger partial charge in [-0.1, -0.05) is 6.92 Å². The molecule has 8 heteroatoms. The highest BCUT2D eigenvalue weighted by Crippen LogP contribution is 2.29. The zero-order valence-corrected chi connectivity index (χ0v) is 13.8. The Balaban J connectivity index is 2.16. The minimum atomic E-state index is -0.985. The van der Waals surface area contributed by atoms with Gasteiger partial charge < -0.3 is 5.11 Å². The number of rotatable bonds is 6. The van der Waals surface area contributed by atoms with E-state index in [0.29, 0.717) is 5.16 Å². The van der Waals surface area contributed by atoms with Crippen LogP contribution in [0.25, 0.3) is 6.08 Å². The number of hydrogen-bond donors (Lipinski definition) is 2. The van der Waals surface area contributed by atoms with Crippen LogP contribution >= 0.6 is 39.0 Å². The molecule has 0 bridgehead atoms. The summed E-state index contributed by atoms with van der Waals surface area (Å²) < 4.78 is 0.960. The zero-order chi connectivity index (χ0) is 14.5. The number of carboxylic acid groups (broad SMARTS) is 1. The standard InChI is InChI=1S/C12H12BrN3O2S2/c1-2-3-10-14-12(16-15-10)20-8(11(17)18)6-7-4-5-9(13)19-7/h4-6H,2-3H2,1H3,(H,17,18)(H,14,15,16)/b8-6-. The van der Waals surface area contributed by atoms with Gasteiger partial charge in [0.1, 0.15) is 10.7 Å². The van der Waals surface area contributed by atoms with E-state index < -0.39 is 5.97 Å². The van der Waals surface area contributed by atoms with Gasteiger partial charge in [-0.2, -0.15) is 0 Å². The number of carboxylic acids is 1. The second-order valence-corrected chi connectivity index (χ2v) is 7.38. The van der Waals surface area contributed by atoms with Crippen molar-refractivity contribution in [2.24, 2.45) is 0 Å². The van der Waals surface area contributed by atoms with Gasteiger partial charge in [0.25, 0.3) is 0 Å². The molecule has 0 saturated carbocycles. The Morgan fingerprint density at radius 1 is 1.60 bits per heavy atom. The van der Waals surface area contributed by atoms with Gasteiger partial charge in [0, 0.05) is 11.3 Å². The fourth-order valence-corrected chi connectivity index (χ4v) is 3.60. The summed E-state index contributed by atoms with van der Waals surface area (Å²) in [6.07, 6.45) is 3.39. The van der Waals surface area contributed by atoms with Gasteiger partial charge in [-0.25, -0.2) is 9.78 Å². The molecule has 0 atom stereocenters. The molecule has 0 spiro atoms. The van der Waals surface area contributed by atoms with Crippen LogP contribution in [0, 0.1) is 0 Å². The number of nitrogens with one attached hydrogen (secondary N) is 1. The number of thioether (sulfide) groups is 1. The Morgan fingerprint density at radius 2 is 2.40 bits per heavy atom. The topological polar surface area (TPSA) is 78.9 Å². The number of aliphatic carboxylic acids is 1. The normalized spacial score (nSPS) is 11.8. The van der Waals surface area contributed by atoms with Gasteiger partial charge in [0.2, 0.25) is 5.16 Å². The van der Waals surface area contributed by atoms with Crippen molar-refractivity contribution in [3.8, 4) is 0 Å². The van der Waals surface area contributed by atoms with E-state index in [-0.39, 0.29) is 4.91 Å². The number of carbonyl (C=O) groups is 1. The van der Waals surface area contributed by atoms with Crippen molar-refractivity contribution in [2.45, 2.75) is 24.9 Å². The van der Waals surface area contributed by atoms with E-state index in [2.05, 4.69) is 31.1 Å². The van der Waals surface area contributed by atoms with E-state index in [0.717, 1.165) is 39.1 Å². The van der Waals surface area contributed by atoms with Gasteiger partial charge in [-0.3, -0.25) is 5.10 Å². The van der Waals surface area contributed by atoms with E-state index in [1.807, 2.05) is 19.1 Å². The lowest BCUT2D eigenvalue weighted by Gasteiger charge is -1.97. The number of halogens is 1. The van der Waals surface area contributed by atoms with Crippen molar-refractivity contribution in [1.29, 1.82) is 0 Å². The van der Waals surface area contributed by atoms with E-state index >= 15 is 0 Å². The van der Waals surface area contributed by atoms with Crippen molar-refractivity contribution in [1.82, 2.24) is 15.2 Å². The van der Waals surface area contributed by atoms with Crippen LogP contribution in [0.5, 0.6) is 0 Å². The van der Waals surface area contributed by atoms with Gasteiger partial charge in [-0.15, -0.1) is 16.4 Å². The molecule has 20 heavy (non-hydrogen) atoms. The lowest BCUT2D eigenvalue weighted by atomic mass is 10.3. The largest absolute Gasteiger partial charge is 0.477 e. The molecule has 2 aromatic heterocycles. The van der Waals surface area contributed by atoms with Gasteiger partial charge >= 0.3 is 5.97 Å². The third-order valence-corrected chi connectivity index (χ3v) is 4.73. The van der Waals surface area contributed by atoms with Crippen LogP contribution in [0.15, 0.2) is 26.0 Å². The zero-order valence-electron chi connectivity index (χ0n) is 10.6. The third-order valence-electron chi connectivity index (χ3n) is 2.28. The average Bonchev–Trinajstić information content (AvgIpc) is 2.99. The van der Waals surface area contributed by atoms with Crippen molar-refractivity contribution >= 4 is 51.1 Å². The molecule has 2 rings (SSSR count). The molecule has 106 valence electrons. The summed E-state index contributed by atoms with van der Waals surface area (Å²) in [5.41, 5.74) is 0. The Labute approximate surface area is 132 Å². The number of nitrogens with zero attached hydrogens (tertiary/aromatic N) is 2. The van der Waals surface area contributed by atoms with E-state index in [4.69, 9.17) is 0 Å². The molecule has 0 unspecified atom stereocenters. The predicted molar refractivity (Wildman–Crippen MR) is 83.9 cm³/mol. The molecule has 2 N–H and O–H groups in total. The Morgan fingerprint density at radius 3 is 3.00 bits per heavy atom. The van der Waals surface area contributed by atoms with E-state index in [1.54, 1.807) is 6.08 Å². The molecule has 0 aromatic carbocycles. The van der Waals surface area contributed by atoms with Crippen LogP contribution in [0.4, 0.5) is 0 Å². The molecule has 2 heterocycles. The van der Waals surface area contributed by atoms with Crippen molar-refractivity contribution in [3.63, 3.8) is 0 Å². The van der Waals surface area contributed by atoms with Crippen LogP contribution in [-0.2, 0) is 11.2 Å². The summed E-state index contributed by atoms with van der Waals surface area (Å²) >= 11 is 5.87. The average molecular weight is 374 g/mol. The summed E-state index contributed by atoms with van der Waals surface area (Å²) in [5.74, 6) is -0.208. The first-order valence-corrected chi connectivity index (χ1v) is 8.30. The van der Waals surface area contributed by atoms with Crippen LogP contribution < -0.4 is 0 Å². The molecule has 5 nitrogen and oxygen atoms in total. The number of thiophene rings is 1. The van der Waals surface area contributed by atoms with Gasteiger partial charge in [-0.05, 0) is 52.3 Å². The molecule has 2 aromatic rings. The lowest BCUT2D eigenvalue weighted by Crippen LogP contribution is -1.96. The Hall–Kier alpha value is -1.12. The smallest absolute Gasteiger partial charge is 0.342 e. The second-order valence-electron chi connectivity index (χ2n) is 3.87. The summed E-state index contributed by atoms with van der Waals surface area (Å²) in [6, 6.07) is 3.74. The number of aromatic nitrogens is 3. The lowest BCUT2D eigenvalue weighted by molar-refractivity contribution is -0.131. The third kappa shape index (κ3) is 4.19. The number of H-pyrrole nitrogens is 1. The Kier molecular flexibility index (Phi) is 5.38. The first-order chi connectivity index (χ1) is 9.58. The van der Waals surface area contributed by atoms with Crippen LogP contribution in [0.3, 0.4) is 0 Å². The molecule has 0 amide bonds. The highest BCUT2D eigenvalue weighted by atomic mass is 79.9. The monoisotopic (exact) mass is 373 g/mol. The maximum atomic E-state index is 11.3. The predicted octanol–water partition coefficient (Wildman–Crippen LogP) is 3.80. The van der Waals surface area contributed by atoms with E-state index in [9.17, 15) is 9.90 Å². The maximum Gasteiger partial charge on any atom is 0.342 e. The quantitative estimate of drug-likeness (QED) is 0.594. The number of aryl methyl sites for hydroxylation is 1. The highest BCUT2D eigenvalue weighted by Gasteiger charge is 2.14. The Bertz CT molecular complexity index is 636. The summed E-state index contributed by atoms with van der Waals surface area (Å²) in [7, 11) is 0. The van der Waals surface area contributed by atoms with Crippen molar-refractivity contribution in [2.75, 3.05) is 0 Å². The molecule has 0 aliphatic carbocycles. The van der Waals surface area contributed by atoms with Crippen LogP contribution in [0.1, 0.15) is 24.0 Å². The second kappa shape index (κ2) is 7.05. The van der Waals surface area contributed by atoms with Crippen LogP contribution in [0.2, 0.25) is 0 Å². The van der Waals surface area contributed by atoms with Crippen molar-refractivity contribution in [3.05, 3.63) is 31.5 Å². The molecule has 0 aliphatic heterocycles. The first kappa shape index (κ1) is 15.3. The van der Waals surface area contributed by atoms with Gasteiger partial charge in [0.05, 0.1) is 3.79 Å².